The lowest BCUT2D eigenvalue weighted by molar-refractivity contribution is -0.114. The highest BCUT2D eigenvalue weighted by Crippen LogP contribution is 2.44. The average molecular weight is 534 g/mol. The van der Waals surface area contributed by atoms with Gasteiger partial charge < -0.3 is 10.2 Å². The molecule has 0 radical (unpaired) electrons. The zero-order chi connectivity index (χ0) is 27.2. The van der Waals surface area contributed by atoms with Crippen molar-refractivity contribution in [2.45, 2.75) is 50.6 Å². The number of benzene rings is 1. The third-order valence-corrected chi connectivity index (χ3v) is 7.94. The summed E-state index contributed by atoms with van der Waals surface area (Å²) in [7, 11) is 0. The van der Waals surface area contributed by atoms with Crippen LogP contribution in [0.5, 0.6) is 0 Å². The Bertz CT molecular complexity index is 1680. The fraction of sp³-hybridized carbons (Fsp3) is 0.276. The lowest BCUT2D eigenvalue weighted by Gasteiger charge is -2.38. The van der Waals surface area contributed by atoms with Crippen LogP contribution in [0.2, 0.25) is 0 Å². The minimum absolute atomic E-state index is 0.0997. The molecule has 11 heteroatoms. The van der Waals surface area contributed by atoms with E-state index in [9.17, 15) is 9.59 Å². The number of carbonyl (C=O) groups excluding carboxylic acids is 2. The average Bonchev–Trinajstić information content (AvgIpc) is 3.71. The molecule has 2 bridgehead atoms. The third-order valence-electron chi connectivity index (χ3n) is 7.94. The van der Waals surface area contributed by atoms with Crippen LogP contribution in [0.4, 0.5) is 5.82 Å². The van der Waals surface area contributed by atoms with Crippen molar-refractivity contribution >= 4 is 23.3 Å². The van der Waals surface area contributed by atoms with E-state index in [4.69, 9.17) is 4.98 Å². The SMILES string of the molecule is CC(=O)Nc1cc(C2C[C@H]3CC[C@@H](C2)N3C(=O)c2ncn[nH]2)nc2c(-c3ccc(-c4ccccc4)nc3)cnn12. The van der Waals surface area contributed by atoms with Crippen LogP contribution in [-0.2, 0) is 4.79 Å². The number of aromatic nitrogens is 7. The van der Waals surface area contributed by atoms with Gasteiger partial charge >= 0.3 is 0 Å². The van der Waals surface area contributed by atoms with E-state index in [0.29, 0.717) is 11.5 Å². The van der Waals surface area contributed by atoms with Crippen molar-refractivity contribution in [2.75, 3.05) is 5.32 Å². The summed E-state index contributed by atoms with van der Waals surface area (Å²) >= 11 is 0. The Kier molecular flexibility index (Phi) is 5.84. The quantitative estimate of drug-likeness (QED) is 0.348. The number of carbonyl (C=O) groups is 2. The maximum Gasteiger partial charge on any atom is 0.291 e. The summed E-state index contributed by atoms with van der Waals surface area (Å²) in [6, 6.07) is 16.2. The summed E-state index contributed by atoms with van der Waals surface area (Å²) in [4.78, 5) is 41.0. The Labute approximate surface area is 229 Å². The van der Waals surface area contributed by atoms with Crippen molar-refractivity contribution < 1.29 is 9.59 Å². The van der Waals surface area contributed by atoms with Crippen molar-refractivity contribution in [2.24, 2.45) is 0 Å². The van der Waals surface area contributed by atoms with Crippen molar-refractivity contribution in [3.63, 3.8) is 0 Å². The first-order valence-electron chi connectivity index (χ1n) is 13.4. The number of fused-ring (bicyclic) bond motifs is 3. The number of nitrogens with zero attached hydrogens (tertiary/aromatic N) is 7. The van der Waals surface area contributed by atoms with Gasteiger partial charge in [-0.3, -0.25) is 19.7 Å². The van der Waals surface area contributed by atoms with Crippen LogP contribution >= 0.6 is 0 Å². The van der Waals surface area contributed by atoms with E-state index >= 15 is 0 Å². The first-order chi connectivity index (χ1) is 19.5. The van der Waals surface area contributed by atoms with E-state index < -0.39 is 0 Å². The normalized spacial score (nSPS) is 20.1. The number of H-pyrrole nitrogens is 1. The van der Waals surface area contributed by atoms with Crippen LogP contribution in [0.3, 0.4) is 0 Å². The van der Waals surface area contributed by atoms with Gasteiger partial charge in [-0.05, 0) is 31.7 Å². The van der Waals surface area contributed by atoms with E-state index in [0.717, 1.165) is 53.8 Å². The van der Waals surface area contributed by atoms with Crippen molar-refractivity contribution in [1.82, 2.24) is 39.7 Å². The summed E-state index contributed by atoms with van der Waals surface area (Å²) in [6.45, 7) is 1.48. The maximum absolute atomic E-state index is 13.1. The first-order valence-corrected chi connectivity index (χ1v) is 13.4. The number of piperidine rings is 1. The maximum atomic E-state index is 13.1. The molecule has 0 aliphatic carbocycles. The lowest BCUT2D eigenvalue weighted by Crippen LogP contribution is -2.46. The molecule has 40 heavy (non-hydrogen) atoms. The molecular weight excluding hydrogens is 506 g/mol. The zero-order valence-corrected chi connectivity index (χ0v) is 21.9. The van der Waals surface area contributed by atoms with Gasteiger partial charge in [-0.25, -0.2) is 9.97 Å². The molecule has 2 amide bonds. The van der Waals surface area contributed by atoms with E-state index in [1.807, 2.05) is 59.6 Å². The molecule has 2 aliphatic rings. The van der Waals surface area contributed by atoms with Crippen molar-refractivity contribution in [1.29, 1.82) is 0 Å². The van der Waals surface area contributed by atoms with Crippen LogP contribution in [0.25, 0.3) is 28.0 Å². The van der Waals surface area contributed by atoms with Gasteiger partial charge in [-0.1, -0.05) is 36.4 Å². The van der Waals surface area contributed by atoms with Crippen LogP contribution < -0.4 is 5.32 Å². The summed E-state index contributed by atoms with van der Waals surface area (Å²) in [6.07, 6.45) is 8.42. The van der Waals surface area contributed by atoms with E-state index in [1.165, 1.54) is 13.3 Å². The summed E-state index contributed by atoms with van der Waals surface area (Å²) in [5, 5.41) is 14.0. The second-order valence-electron chi connectivity index (χ2n) is 10.4. The predicted molar refractivity (Wildman–Crippen MR) is 147 cm³/mol. The number of hydrogen-bond donors (Lipinski definition) is 2. The topological polar surface area (TPSA) is 134 Å². The molecule has 2 saturated heterocycles. The van der Waals surface area contributed by atoms with Crippen LogP contribution in [-0.4, -0.2) is 63.6 Å². The number of aromatic amines is 1. The Balaban J connectivity index is 1.23. The smallest absolute Gasteiger partial charge is 0.291 e. The fourth-order valence-electron chi connectivity index (χ4n) is 6.18. The highest BCUT2D eigenvalue weighted by atomic mass is 16.2. The molecule has 3 atom stereocenters. The number of nitrogens with one attached hydrogen (secondary N) is 2. The molecule has 1 unspecified atom stereocenters. The molecule has 0 saturated carbocycles. The largest absolute Gasteiger partial charge is 0.330 e. The third kappa shape index (κ3) is 4.19. The molecule has 11 nitrogen and oxygen atoms in total. The minimum Gasteiger partial charge on any atom is -0.330 e. The number of amides is 2. The summed E-state index contributed by atoms with van der Waals surface area (Å²) in [5.41, 5.74) is 5.20. The number of anilines is 1. The molecule has 7 rings (SSSR count). The number of hydrogen-bond acceptors (Lipinski definition) is 7. The summed E-state index contributed by atoms with van der Waals surface area (Å²) < 4.78 is 1.67. The van der Waals surface area contributed by atoms with Gasteiger partial charge in [0, 0.05) is 59.6 Å². The minimum atomic E-state index is -0.183. The van der Waals surface area contributed by atoms with Gasteiger partial charge in [0.2, 0.25) is 11.7 Å². The Hall–Kier alpha value is -4.93. The molecule has 2 fully saturated rings. The van der Waals surface area contributed by atoms with Gasteiger partial charge in [-0.15, -0.1) is 0 Å². The van der Waals surface area contributed by atoms with Crippen LogP contribution in [0, 0.1) is 0 Å². The molecule has 6 heterocycles. The lowest BCUT2D eigenvalue weighted by atomic mass is 9.87. The number of rotatable bonds is 5. The standard InChI is InChI=1S/C29H27N9O2/c1-17(39)34-26-13-25(20-11-21-8-9-22(12-20)37(21)29(40)27-31-16-32-36-27)35-28-23(15-33-38(26)28)19-7-10-24(30-14-19)18-5-3-2-4-6-18/h2-7,10,13-16,20-22H,8-9,11-12H2,1H3,(H,34,39)(H,31,32,36)/t20?,21-,22+. The molecule has 200 valence electrons. The van der Waals surface area contributed by atoms with Gasteiger partial charge in [0.15, 0.2) is 5.65 Å². The van der Waals surface area contributed by atoms with Crippen molar-refractivity contribution in [3.8, 4) is 22.4 Å². The Morgan fingerprint density at radius 1 is 0.975 bits per heavy atom. The number of pyridine rings is 1. The van der Waals surface area contributed by atoms with Gasteiger partial charge in [0.05, 0.1) is 11.9 Å². The van der Waals surface area contributed by atoms with Gasteiger partial charge in [0.25, 0.3) is 5.91 Å². The monoisotopic (exact) mass is 533 g/mol. The second-order valence-corrected chi connectivity index (χ2v) is 10.4. The fourth-order valence-corrected chi connectivity index (χ4v) is 6.18. The molecule has 1 aromatic carbocycles. The van der Waals surface area contributed by atoms with Gasteiger partial charge in [-0.2, -0.15) is 14.7 Å². The molecule has 5 aromatic rings. The predicted octanol–water partition coefficient (Wildman–Crippen LogP) is 4.09. The molecule has 2 N–H and O–H groups in total. The molecule has 4 aromatic heterocycles. The van der Waals surface area contributed by atoms with E-state index in [2.05, 4.69) is 30.6 Å². The Morgan fingerprint density at radius 2 is 1.77 bits per heavy atom. The second kappa shape index (κ2) is 9.67. The summed E-state index contributed by atoms with van der Waals surface area (Å²) in [5.74, 6) is 0.695. The van der Waals surface area contributed by atoms with Crippen LogP contribution in [0.1, 0.15) is 54.8 Å². The Morgan fingerprint density at radius 3 is 2.45 bits per heavy atom. The highest BCUT2D eigenvalue weighted by Gasteiger charge is 2.45. The highest BCUT2D eigenvalue weighted by molar-refractivity contribution is 5.91. The van der Waals surface area contributed by atoms with Gasteiger partial charge in [0.1, 0.15) is 12.1 Å². The van der Waals surface area contributed by atoms with E-state index in [-0.39, 0.29) is 35.6 Å². The first kappa shape index (κ1) is 24.1. The molecule has 2 aliphatic heterocycles. The van der Waals surface area contributed by atoms with E-state index in [1.54, 1.807) is 10.7 Å². The molecular formula is C29H27N9O2. The zero-order valence-electron chi connectivity index (χ0n) is 21.9. The van der Waals surface area contributed by atoms with Crippen LogP contribution in [0.15, 0.2) is 67.3 Å². The van der Waals surface area contributed by atoms with Crippen molar-refractivity contribution in [3.05, 3.63) is 78.8 Å². The molecule has 0 spiro atoms.